The van der Waals surface area contributed by atoms with Crippen LogP contribution in [0.5, 0.6) is 0 Å². The van der Waals surface area contributed by atoms with Gasteiger partial charge >= 0.3 is 0 Å². The van der Waals surface area contributed by atoms with Gasteiger partial charge in [0.1, 0.15) is 0 Å². The van der Waals surface area contributed by atoms with E-state index in [0.29, 0.717) is 17.9 Å². The molecule has 2 amide bonds. The molecule has 1 aromatic rings. The molecule has 1 fully saturated rings. The first kappa shape index (κ1) is 17.3. The summed E-state index contributed by atoms with van der Waals surface area (Å²) in [6.07, 6.45) is 2.03. The van der Waals surface area contributed by atoms with Crippen LogP contribution >= 0.6 is 11.8 Å². The molecule has 3 rings (SSSR count). The van der Waals surface area contributed by atoms with Crippen molar-refractivity contribution in [3.8, 4) is 0 Å². The summed E-state index contributed by atoms with van der Waals surface area (Å²) >= 11 is 1.50. The van der Waals surface area contributed by atoms with Gasteiger partial charge in [0.25, 0.3) is 5.91 Å². The lowest BCUT2D eigenvalue weighted by atomic mass is 10.1. The van der Waals surface area contributed by atoms with Gasteiger partial charge < -0.3 is 15.4 Å². The van der Waals surface area contributed by atoms with Crippen molar-refractivity contribution in [1.29, 1.82) is 0 Å². The fourth-order valence-corrected chi connectivity index (χ4v) is 3.60. The second-order valence-electron chi connectivity index (χ2n) is 5.96. The molecule has 1 saturated heterocycles. The minimum Gasteiger partial charge on any atom is -0.379 e. The van der Waals surface area contributed by atoms with Crippen LogP contribution in [0.15, 0.2) is 23.1 Å². The molecular weight excluding hydrogens is 326 g/mol. The van der Waals surface area contributed by atoms with E-state index in [2.05, 4.69) is 15.5 Å². The van der Waals surface area contributed by atoms with Gasteiger partial charge in [-0.3, -0.25) is 14.5 Å². The molecule has 0 unspecified atom stereocenters. The van der Waals surface area contributed by atoms with E-state index in [1.165, 1.54) is 11.8 Å². The molecule has 7 heteroatoms. The molecule has 0 bridgehead atoms. The van der Waals surface area contributed by atoms with E-state index in [1.54, 1.807) is 6.07 Å². The summed E-state index contributed by atoms with van der Waals surface area (Å²) in [6.45, 7) is 5.38. The minimum absolute atomic E-state index is 0.0202. The third-order valence-corrected chi connectivity index (χ3v) is 5.24. The Kier molecular flexibility index (Phi) is 6.12. The van der Waals surface area contributed by atoms with Gasteiger partial charge in [-0.1, -0.05) is 0 Å². The molecule has 0 spiro atoms. The highest BCUT2D eigenvalue weighted by molar-refractivity contribution is 8.00. The molecule has 1 aromatic carbocycles. The first-order chi connectivity index (χ1) is 11.7. The van der Waals surface area contributed by atoms with Crippen molar-refractivity contribution < 1.29 is 14.3 Å². The SMILES string of the molecule is O=C1CSc2ccc(C(=O)NCCCCN3CCOCC3)cc2N1. The molecule has 6 nitrogen and oxygen atoms in total. The van der Waals surface area contributed by atoms with Gasteiger partial charge in [-0.2, -0.15) is 0 Å². The number of hydrogen-bond donors (Lipinski definition) is 2. The first-order valence-electron chi connectivity index (χ1n) is 8.37. The van der Waals surface area contributed by atoms with E-state index < -0.39 is 0 Å². The molecule has 2 aliphatic heterocycles. The molecule has 2 aliphatic rings. The Morgan fingerprint density at radius 2 is 2.12 bits per heavy atom. The van der Waals surface area contributed by atoms with Crippen molar-refractivity contribution in [3.05, 3.63) is 23.8 Å². The number of hydrogen-bond acceptors (Lipinski definition) is 5. The molecule has 2 heterocycles. The zero-order valence-electron chi connectivity index (χ0n) is 13.7. The molecule has 2 N–H and O–H groups in total. The largest absolute Gasteiger partial charge is 0.379 e. The van der Waals surface area contributed by atoms with E-state index in [9.17, 15) is 9.59 Å². The quantitative estimate of drug-likeness (QED) is 0.763. The number of anilines is 1. The maximum absolute atomic E-state index is 12.2. The third kappa shape index (κ3) is 4.72. The van der Waals surface area contributed by atoms with E-state index in [-0.39, 0.29) is 11.8 Å². The zero-order valence-corrected chi connectivity index (χ0v) is 14.5. The Hall–Kier alpha value is -1.57. The van der Waals surface area contributed by atoms with Crippen LogP contribution in [0.3, 0.4) is 0 Å². The van der Waals surface area contributed by atoms with Crippen LogP contribution in [0.4, 0.5) is 5.69 Å². The van der Waals surface area contributed by atoms with Crippen molar-refractivity contribution in [3.63, 3.8) is 0 Å². The number of ether oxygens (including phenoxy) is 1. The predicted molar refractivity (Wildman–Crippen MR) is 94.6 cm³/mol. The Morgan fingerprint density at radius 1 is 1.29 bits per heavy atom. The summed E-state index contributed by atoms with van der Waals surface area (Å²) in [5.74, 6) is 0.323. The standard InChI is InChI=1S/C17H23N3O3S/c21-16-12-24-15-4-3-13(11-14(15)19-16)17(22)18-5-1-2-6-20-7-9-23-10-8-20/h3-4,11H,1-2,5-10,12H2,(H,18,22)(H,19,21). The highest BCUT2D eigenvalue weighted by atomic mass is 32.2. The Morgan fingerprint density at radius 3 is 2.96 bits per heavy atom. The van der Waals surface area contributed by atoms with E-state index in [0.717, 1.165) is 56.3 Å². The third-order valence-electron chi connectivity index (χ3n) is 4.16. The van der Waals surface area contributed by atoms with Crippen molar-refractivity contribution in [2.45, 2.75) is 17.7 Å². The lowest BCUT2D eigenvalue weighted by Gasteiger charge is -2.26. The van der Waals surface area contributed by atoms with Gasteiger partial charge in [0.15, 0.2) is 0 Å². The predicted octanol–water partition coefficient (Wildman–Crippen LogP) is 1.57. The summed E-state index contributed by atoms with van der Waals surface area (Å²) in [5, 5.41) is 5.77. The summed E-state index contributed by atoms with van der Waals surface area (Å²) < 4.78 is 5.33. The molecule has 0 radical (unpaired) electrons. The monoisotopic (exact) mass is 349 g/mol. The Bertz CT molecular complexity index is 603. The van der Waals surface area contributed by atoms with Gasteiger partial charge in [0, 0.05) is 30.1 Å². The number of benzene rings is 1. The van der Waals surface area contributed by atoms with E-state index in [1.807, 2.05) is 12.1 Å². The van der Waals surface area contributed by atoms with Gasteiger partial charge in [-0.15, -0.1) is 11.8 Å². The number of carbonyl (C=O) groups is 2. The van der Waals surface area contributed by atoms with Crippen LogP contribution in [0.1, 0.15) is 23.2 Å². The molecular formula is C17H23N3O3S. The van der Waals surface area contributed by atoms with Gasteiger partial charge in [-0.25, -0.2) is 0 Å². The number of unbranched alkanes of at least 4 members (excludes halogenated alkanes) is 1. The summed E-state index contributed by atoms with van der Waals surface area (Å²) in [6, 6.07) is 5.46. The molecule has 0 saturated carbocycles. The molecule has 0 aromatic heterocycles. The number of carbonyl (C=O) groups excluding carboxylic acids is 2. The van der Waals surface area contributed by atoms with Crippen LogP contribution in [-0.2, 0) is 9.53 Å². The van der Waals surface area contributed by atoms with Gasteiger partial charge in [-0.05, 0) is 37.6 Å². The fraction of sp³-hybridized carbons (Fsp3) is 0.529. The van der Waals surface area contributed by atoms with Crippen LogP contribution in [0, 0.1) is 0 Å². The maximum Gasteiger partial charge on any atom is 0.251 e. The lowest BCUT2D eigenvalue weighted by molar-refractivity contribution is -0.113. The number of thioether (sulfide) groups is 1. The second kappa shape index (κ2) is 8.50. The van der Waals surface area contributed by atoms with Gasteiger partial charge in [0.05, 0.1) is 24.7 Å². The Labute approximate surface area is 146 Å². The zero-order chi connectivity index (χ0) is 16.8. The van der Waals surface area contributed by atoms with Crippen LogP contribution in [0.2, 0.25) is 0 Å². The van der Waals surface area contributed by atoms with Crippen molar-refractivity contribution in [2.24, 2.45) is 0 Å². The first-order valence-corrected chi connectivity index (χ1v) is 9.36. The molecule has 130 valence electrons. The summed E-state index contributed by atoms with van der Waals surface area (Å²) in [5.41, 5.74) is 1.32. The molecule has 0 atom stereocenters. The highest BCUT2D eigenvalue weighted by Gasteiger charge is 2.17. The number of amides is 2. The fourth-order valence-electron chi connectivity index (χ4n) is 2.81. The maximum atomic E-state index is 12.2. The second-order valence-corrected chi connectivity index (χ2v) is 6.98. The van der Waals surface area contributed by atoms with Crippen LogP contribution in [0.25, 0.3) is 0 Å². The highest BCUT2D eigenvalue weighted by Crippen LogP contribution is 2.31. The van der Waals surface area contributed by atoms with Crippen molar-refractivity contribution >= 4 is 29.3 Å². The van der Waals surface area contributed by atoms with Crippen molar-refractivity contribution in [1.82, 2.24) is 10.2 Å². The van der Waals surface area contributed by atoms with E-state index >= 15 is 0 Å². The average molecular weight is 349 g/mol. The topological polar surface area (TPSA) is 70.7 Å². The van der Waals surface area contributed by atoms with Crippen molar-refractivity contribution in [2.75, 3.05) is 50.5 Å². The minimum atomic E-state index is -0.0889. The number of nitrogens with zero attached hydrogens (tertiary/aromatic N) is 1. The number of rotatable bonds is 6. The number of fused-ring (bicyclic) bond motifs is 1. The number of morpholine rings is 1. The Balaban J connectivity index is 1.40. The normalized spacial score (nSPS) is 17.9. The van der Waals surface area contributed by atoms with Gasteiger partial charge in [0.2, 0.25) is 5.91 Å². The van der Waals surface area contributed by atoms with Crippen LogP contribution < -0.4 is 10.6 Å². The average Bonchev–Trinajstić information content (AvgIpc) is 2.61. The smallest absolute Gasteiger partial charge is 0.251 e. The molecule has 24 heavy (non-hydrogen) atoms. The van der Waals surface area contributed by atoms with Crippen LogP contribution in [-0.4, -0.2) is 61.9 Å². The summed E-state index contributed by atoms with van der Waals surface area (Å²) in [7, 11) is 0. The lowest BCUT2D eigenvalue weighted by Crippen LogP contribution is -2.37. The van der Waals surface area contributed by atoms with E-state index in [4.69, 9.17) is 4.74 Å². The molecule has 0 aliphatic carbocycles. The summed E-state index contributed by atoms with van der Waals surface area (Å²) in [4.78, 5) is 27.1. The number of nitrogens with one attached hydrogen (secondary N) is 2.